The van der Waals surface area contributed by atoms with E-state index in [1.54, 1.807) is 24.9 Å². The molecule has 30 heavy (non-hydrogen) atoms. The standard InChI is InChI=1S/C20H20F3N5O2/c1-12(13-4-3-5-14(8-13)20(21,22)23)28(15-6-7-15)17(29)10-27-11-24-18-16(19(27)30)9-25-26(18)2/h3-5,8-9,11-12,15H,6-7,10H2,1-2H3. The van der Waals surface area contributed by atoms with Crippen molar-refractivity contribution < 1.29 is 18.0 Å². The van der Waals surface area contributed by atoms with Crippen LogP contribution in [0, 0.1) is 0 Å². The zero-order valence-corrected chi connectivity index (χ0v) is 16.4. The van der Waals surface area contributed by atoms with Crippen molar-refractivity contribution in [1.82, 2.24) is 24.2 Å². The Balaban J connectivity index is 1.61. The normalized spacial score (nSPS) is 15.4. The van der Waals surface area contributed by atoms with Crippen LogP contribution in [0.3, 0.4) is 0 Å². The van der Waals surface area contributed by atoms with Gasteiger partial charge in [0.2, 0.25) is 5.91 Å². The highest BCUT2D eigenvalue weighted by Gasteiger charge is 2.37. The largest absolute Gasteiger partial charge is 0.416 e. The molecule has 10 heteroatoms. The molecule has 0 bridgehead atoms. The van der Waals surface area contributed by atoms with Crippen LogP contribution in [0.15, 0.2) is 41.6 Å². The van der Waals surface area contributed by atoms with E-state index in [9.17, 15) is 22.8 Å². The Morgan fingerprint density at radius 3 is 2.73 bits per heavy atom. The van der Waals surface area contributed by atoms with Gasteiger partial charge < -0.3 is 4.90 Å². The maximum absolute atomic E-state index is 13.1. The molecule has 4 rings (SSSR count). The zero-order valence-electron chi connectivity index (χ0n) is 16.4. The lowest BCUT2D eigenvalue weighted by Gasteiger charge is -2.30. The second-order valence-corrected chi connectivity index (χ2v) is 7.51. The van der Waals surface area contributed by atoms with Gasteiger partial charge in [-0.15, -0.1) is 0 Å². The lowest BCUT2D eigenvalue weighted by Crippen LogP contribution is -2.39. The monoisotopic (exact) mass is 419 g/mol. The first-order valence-electron chi connectivity index (χ1n) is 9.52. The number of benzene rings is 1. The van der Waals surface area contributed by atoms with E-state index in [4.69, 9.17) is 0 Å². The fourth-order valence-corrected chi connectivity index (χ4v) is 3.63. The molecule has 1 saturated carbocycles. The number of amides is 1. The fourth-order valence-electron chi connectivity index (χ4n) is 3.63. The van der Waals surface area contributed by atoms with Crippen LogP contribution in [0.2, 0.25) is 0 Å². The molecule has 1 amide bonds. The Hall–Kier alpha value is -3.17. The lowest BCUT2D eigenvalue weighted by molar-refractivity contribution is -0.137. The van der Waals surface area contributed by atoms with E-state index < -0.39 is 17.8 Å². The Kier molecular flexibility index (Phi) is 4.87. The number of halogens is 3. The highest BCUT2D eigenvalue weighted by Crippen LogP contribution is 2.36. The van der Waals surface area contributed by atoms with E-state index in [2.05, 4.69) is 10.1 Å². The van der Waals surface area contributed by atoms with Gasteiger partial charge in [0.1, 0.15) is 18.3 Å². The minimum absolute atomic E-state index is 0.0483. The van der Waals surface area contributed by atoms with Crippen LogP contribution >= 0.6 is 0 Å². The molecule has 0 N–H and O–H groups in total. The van der Waals surface area contributed by atoms with Crippen molar-refractivity contribution in [3.8, 4) is 0 Å². The minimum atomic E-state index is -4.46. The third kappa shape index (κ3) is 3.69. The van der Waals surface area contributed by atoms with E-state index in [0.717, 1.165) is 25.0 Å². The molecule has 1 aliphatic carbocycles. The summed E-state index contributed by atoms with van der Waals surface area (Å²) < 4.78 is 41.9. The SMILES string of the molecule is CC(c1cccc(C(F)(F)F)c1)N(C(=O)Cn1cnc2c(cnn2C)c1=O)C1CC1. The molecule has 7 nitrogen and oxygen atoms in total. The van der Waals surface area contributed by atoms with Crippen molar-refractivity contribution in [2.24, 2.45) is 7.05 Å². The smallest absolute Gasteiger partial charge is 0.331 e. The van der Waals surface area contributed by atoms with Crippen LogP contribution in [-0.2, 0) is 24.6 Å². The molecule has 1 aromatic carbocycles. The Morgan fingerprint density at radius 1 is 1.33 bits per heavy atom. The Bertz CT molecular complexity index is 1160. The number of hydrogen-bond donors (Lipinski definition) is 0. The third-order valence-electron chi connectivity index (χ3n) is 5.37. The molecular weight excluding hydrogens is 399 g/mol. The van der Waals surface area contributed by atoms with Crippen molar-refractivity contribution in [3.05, 3.63) is 58.3 Å². The molecular formula is C20H20F3N5O2. The third-order valence-corrected chi connectivity index (χ3v) is 5.37. The predicted octanol–water partition coefficient (Wildman–Crippen LogP) is 2.90. The summed E-state index contributed by atoms with van der Waals surface area (Å²) in [7, 11) is 1.66. The first kappa shape index (κ1) is 20.1. The predicted molar refractivity (Wildman–Crippen MR) is 102 cm³/mol. The highest BCUT2D eigenvalue weighted by atomic mass is 19.4. The highest BCUT2D eigenvalue weighted by molar-refractivity contribution is 5.78. The second-order valence-electron chi connectivity index (χ2n) is 7.51. The second kappa shape index (κ2) is 7.26. The van der Waals surface area contributed by atoms with E-state index >= 15 is 0 Å². The van der Waals surface area contributed by atoms with E-state index in [-0.39, 0.29) is 24.1 Å². The molecule has 0 radical (unpaired) electrons. The number of fused-ring (bicyclic) bond motifs is 1. The number of carbonyl (C=O) groups is 1. The summed E-state index contributed by atoms with van der Waals surface area (Å²) in [6.07, 6.45) is -0.199. The van der Waals surface area contributed by atoms with Crippen molar-refractivity contribution >= 4 is 16.9 Å². The zero-order chi connectivity index (χ0) is 21.6. The summed E-state index contributed by atoms with van der Waals surface area (Å²) in [6.45, 7) is 1.47. The molecule has 3 aromatic rings. The first-order valence-corrected chi connectivity index (χ1v) is 9.52. The summed E-state index contributed by atoms with van der Waals surface area (Å²) in [6, 6.07) is 4.40. The molecule has 0 saturated heterocycles. The number of rotatable bonds is 5. The average Bonchev–Trinajstić information content (AvgIpc) is 3.45. The maximum Gasteiger partial charge on any atom is 0.416 e. The van der Waals surface area contributed by atoms with Crippen LogP contribution in [0.4, 0.5) is 13.2 Å². The lowest BCUT2D eigenvalue weighted by atomic mass is 10.0. The van der Waals surface area contributed by atoms with Crippen LogP contribution in [0.25, 0.3) is 11.0 Å². The summed E-state index contributed by atoms with van der Waals surface area (Å²) in [4.78, 5) is 31.5. The quantitative estimate of drug-likeness (QED) is 0.638. The first-order chi connectivity index (χ1) is 14.2. The Morgan fingerprint density at radius 2 is 2.07 bits per heavy atom. The van der Waals surface area contributed by atoms with E-state index in [0.29, 0.717) is 16.6 Å². The molecule has 0 aliphatic heterocycles. The van der Waals surface area contributed by atoms with Gasteiger partial charge in [0.15, 0.2) is 5.65 Å². The number of alkyl halides is 3. The molecule has 1 unspecified atom stereocenters. The van der Waals surface area contributed by atoms with E-state index in [1.807, 2.05) is 0 Å². The molecule has 2 heterocycles. The summed E-state index contributed by atoms with van der Waals surface area (Å²) in [5, 5.41) is 4.30. The van der Waals surface area contributed by atoms with Crippen LogP contribution in [0.1, 0.15) is 36.9 Å². The van der Waals surface area contributed by atoms with Crippen molar-refractivity contribution in [2.75, 3.05) is 0 Å². The van der Waals surface area contributed by atoms with Crippen molar-refractivity contribution in [3.63, 3.8) is 0 Å². The maximum atomic E-state index is 13.1. The van der Waals surface area contributed by atoms with Gasteiger partial charge in [-0.1, -0.05) is 12.1 Å². The van der Waals surface area contributed by atoms with Gasteiger partial charge in [-0.3, -0.25) is 18.8 Å². The molecule has 158 valence electrons. The van der Waals surface area contributed by atoms with Gasteiger partial charge >= 0.3 is 6.18 Å². The summed E-state index contributed by atoms with van der Waals surface area (Å²) in [5.74, 6) is -0.338. The topological polar surface area (TPSA) is 73.0 Å². The van der Waals surface area contributed by atoms with Crippen molar-refractivity contribution in [2.45, 2.75) is 44.6 Å². The van der Waals surface area contributed by atoms with Gasteiger partial charge in [-0.05, 0) is 37.5 Å². The van der Waals surface area contributed by atoms with Crippen molar-refractivity contribution in [1.29, 1.82) is 0 Å². The van der Waals surface area contributed by atoms with Gasteiger partial charge in [0, 0.05) is 13.1 Å². The van der Waals surface area contributed by atoms with Gasteiger partial charge in [0.25, 0.3) is 5.56 Å². The molecule has 2 aromatic heterocycles. The fraction of sp³-hybridized carbons (Fsp3) is 0.400. The van der Waals surface area contributed by atoms with Gasteiger partial charge in [-0.25, -0.2) is 4.98 Å². The van der Waals surface area contributed by atoms with Crippen LogP contribution in [-0.4, -0.2) is 36.2 Å². The number of aryl methyl sites for hydroxylation is 1. The Labute approximate surface area is 169 Å². The number of aromatic nitrogens is 4. The number of carbonyl (C=O) groups excluding carboxylic acids is 1. The van der Waals surface area contributed by atoms with E-state index in [1.165, 1.54) is 27.8 Å². The molecule has 1 atom stereocenters. The minimum Gasteiger partial charge on any atom is -0.331 e. The average molecular weight is 419 g/mol. The van der Waals surface area contributed by atoms with Gasteiger partial charge in [0.05, 0.1) is 17.8 Å². The van der Waals surface area contributed by atoms with Crippen LogP contribution in [0.5, 0.6) is 0 Å². The molecule has 1 aliphatic rings. The summed E-state index contributed by atoms with van der Waals surface area (Å²) in [5.41, 5.74) is -0.320. The molecule has 0 spiro atoms. The number of nitrogens with zero attached hydrogens (tertiary/aromatic N) is 5. The number of hydrogen-bond acceptors (Lipinski definition) is 4. The van der Waals surface area contributed by atoms with Gasteiger partial charge in [-0.2, -0.15) is 18.3 Å². The van der Waals surface area contributed by atoms with Crippen LogP contribution < -0.4 is 5.56 Å². The molecule has 1 fully saturated rings. The summed E-state index contributed by atoms with van der Waals surface area (Å²) >= 11 is 0.